The van der Waals surface area contributed by atoms with E-state index >= 15 is 0 Å². The summed E-state index contributed by atoms with van der Waals surface area (Å²) < 4.78 is 11.7. The van der Waals surface area contributed by atoms with Gasteiger partial charge in [0.15, 0.2) is 12.1 Å². The SMILES string of the molecule is CC(C)(C)OC(=O)N[C@@H]1C(=O)N2[C@@H](C(=O)OC(c3ccccc3)c3ccccc3)C(C(=C3CCNC3=O)c3ccncc3)=CS[C@H]12. The van der Waals surface area contributed by atoms with Gasteiger partial charge in [-0.3, -0.25) is 14.6 Å². The maximum absolute atomic E-state index is 14.5. The molecule has 3 amide bonds. The maximum Gasteiger partial charge on any atom is 0.408 e. The number of alkyl carbamates (subject to hydrolysis) is 1. The third-order valence-corrected chi connectivity index (χ3v) is 8.98. The number of hydrogen-bond donors (Lipinski definition) is 2. The van der Waals surface area contributed by atoms with Gasteiger partial charge in [-0.25, -0.2) is 9.59 Å². The number of nitrogens with zero attached hydrogens (tertiary/aromatic N) is 2. The van der Waals surface area contributed by atoms with Gasteiger partial charge >= 0.3 is 12.1 Å². The van der Waals surface area contributed by atoms with E-state index in [-0.39, 0.29) is 5.91 Å². The van der Waals surface area contributed by atoms with E-state index in [2.05, 4.69) is 15.6 Å². The van der Waals surface area contributed by atoms with E-state index in [1.807, 2.05) is 60.7 Å². The Labute approximate surface area is 271 Å². The van der Waals surface area contributed by atoms with Gasteiger partial charge in [0.1, 0.15) is 17.0 Å². The standard InChI is InChI=1S/C35H34N4O6S/c1-35(2,3)45-34(43)38-27-31(41)39-28(33(42)44-29(22-10-6-4-7-11-22)23-12-8-5-9-13-23)25(20-46-32(27)39)26(21-14-17-36-18-15-21)24-16-19-37-30(24)40/h4-15,17-18,20,27-29,32H,16,19H2,1-3H3,(H,37,40)(H,38,43)/t27-,28-,32-/m1/s1. The Bertz CT molecular complexity index is 1670. The zero-order chi connectivity index (χ0) is 32.4. The van der Waals surface area contributed by atoms with E-state index < -0.39 is 47.1 Å². The number of esters is 1. The number of amides is 3. The van der Waals surface area contributed by atoms with Crippen LogP contribution in [0.4, 0.5) is 4.79 Å². The zero-order valence-electron chi connectivity index (χ0n) is 25.6. The fourth-order valence-corrected chi connectivity index (χ4v) is 7.06. The van der Waals surface area contributed by atoms with Gasteiger partial charge in [0.25, 0.3) is 0 Å². The molecule has 0 unspecified atom stereocenters. The quantitative estimate of drug-likeness (QED) is 0.216. The number of carbonyl (C=O) groups is 4. The molecule has 236 valence electrons. The Kier molecular flexibility index (Phi) is 8.68. The first-order valence-corrected chi connectivity index (χ1v) is 16.0. The van der Waals surface area contributed by atoms with E-state index in [9.17, 15) is 19.2 Å². The molecule has 2 aromatic carbocycles. The number of benzene rings is 2. The first kappa shape index (κ1) is 31.1. The number of nitrogens with one attached hydrogen (secondary N) is 2. The molecule has 0 radical (unpaired) electrons. The normalized spacial score (nSPS) is 21.9. The van der Waals surface area contributed by atoms with Crippen molar-refractivity contribution in [2.45, 2.75) is 56.4 Å². The predicted molar refractivity (Wildman–Crippen MR) is 173 cm³/mol. The fourth-order valence-electron chi connectivity index (χ4n) is 5.82. The molecule has 2 fully saturated rings. The van der Waals surface area contributed by atoms with Crippen LogP contribution in [0.5, 0.6) is 0 Å². The molecule has 3 atom stereocenters. The average molecular weight is 639 g/mol. The van der Waals surface area contributed by atoms with Crippen molar-refractivity contribution in [2.75, 3.05) is 6.54 Å². The number of carbonyl (C=O) groups excluding carboxylic acids is 4. The largest absolute Gasteiger partial charge is 0.451 e. The van der Waals surface area contributed by atoms with E-state index in [1.165, 1.54) is 16.7 Å². The van der Waals surface area contributed by atoms with Crippen molar-refractivity contribution in [2.24, 2.45) is 0 Å². The van der Waals surface area contributed by atoms with Gasteiger partial charge in [-0.05, 0) is 67.0 Å². The van der Waals surface area contributed by atoms with Crippen LogP contribution in [0, 0.1) is 0 Å². The van der Waals surface area contributed by atoms with E-state index in [0.717, 1.165) is 11.1 Å². The second kappa shape index (κ2) is 12.8. The molecule has 1 aromatic heterocycles. The second-order valence-electron chi connectivity index (χ2n) is 12.1. The van der Waals surface area contributed by atoms with Crippen LogP contribution in [-0.4, -0.2) is 63.4 Å². The summed E-state index contributed by atoms with van der Waals surface area (Å²) in [7, 11) is 0. The van der Waals surface area contributed by atoms with Crippen LogP contribution in [0.3, 0.4) is 0 Å². The summed E-state index contributed by atoms with van der Waals surface area (Å²) in [5.74, 6) is -1.36. The number of fused-ring (bicyclic) bond motifs is 1. The van der Waals surface area contributed by atoms with Gasteiger partial charge < -0.3 is 25.0 Å². The molecule has 0 aliphatic carbocycles. The van der Waals surface area contributed by atoms with Crippen molar-refractivity contribution in [3.8, 4) is 0 Å². The summed E-state index contributed by atoms with van der Waals surface area (Å²) in [4.78, 5) is 59.7. The third kappa shape index (κ3) is 6.28. The highest BCUT2D eigenvalue weighted by atomic mass is 32.2. The first-order chi connectivity index (χ1) is 22.1. The van der Waals surface area contributed by atoms with Crippen molar-refractivity contribution in [3.05, 3.63) is 118 Å². The van der Waals surface area contributed by atoms with E-state index in [1.54, 1.807) is 50.7 Å². The number of thioether (sulfide) groups is 1. The van der Waals surface area contributed by atoms with Crippen LogP contribution < -0.4 is 10.6 Å². The van der Waals surface area contributed by atoms with Crippen LogP contribution in [0.15, 0.2) is 102 Å². The lowest BCUT2D eigenvalue weighted by Gasteiger charge is -2.52. The molecule has 2 N–H and O–H groups in total. The molecule has 3 aromatic rings. The monoisotopic (exact) mass is 638 g/mol. The molecular weight excluding hydrogens is 604 g/mol. The maximum atomic E-state index is 14.5. The number of hydrogen-bond acceptors (Lipinski definition) is 8. The summed E-state index contributed by atoms with van der Waals surface area (Å²) in [6.45, 7) is 5.67. The summed E-state index contributed by atoms with van der Waals surface area (Å²) in [5.41, 5.74) is 2.98. The van der Waals surface area contributed by atoms with Crippen molar-refractivity contribution < 1.29 is 28.7 Å². The van der Waals surface area contributed by atoms with Gasteiger partial charge in [-0.2, -0.15) is 0 Å². The van der Waals surface area contributed by atoms with Crippen LogP contribution in [0.2, 0.25) is 0 Å². The Hall–Kier alpha value is -4.90. The van der Waals surface area contributed by atoms with Gasteiger partial charge in [0.05, 0.1) is 0 Å². The fraction of sp³-hybridized carbons (Fsp3) is 0.286. The highest BCUT2D eigenvalue weighted by molar-refractivity contribution is 8.03. The van der Waals surface area contributed by atoms with E-state index in [4.69, 9.17) is 9.47 Å². The lowest BCUT2D eigenvalue weighted by molar-refractivity contribution is -0.164. The zero-order valence-corrected chi connectivity index (χ0v) is 26.5. The minimum Gasteiger partial charge on any atom is -0.451 e. The van der Waals surface area contributed by atoms with Gasteiger partial charge in [0.2, 0.25) is 11.8 Å². The molecule has 3 aliphatic rings. The smallest absolute Gasteiger partial charge is 0.408 e. The highest BCUT2D eigenvalue weighted by Gasteiger charge is 2.57. The van der Waals surface area contributed by atoms with Gasteiger partial charge in [0, 0.05) is 30.1 Å². The van der Waals surface area contributed by atoms with Gasteiger partial charge in [-0.15, -0.1) is 11.8 Å². The molecule has 11 heteroatoms. The van der Waals surface area contributed by atoms with Crippen molar-refractivity contribution in [1.29, 1.82) is 0 Å². The second-order valence-corrected chi connectivity index (χ2v) is 13.1. The van der Waals surface area contributed by atoms with Crippen molar-refractivity contribution >= 4 is 41.2 Å². The number of aromatic nitrogens is 1. The molecule has 0 bridgehead atoms. The van der Waals surface area contributed by atoms with Crippen molar-refractivity contribution in [3.63, 3.8) is 0 Å². The lowest BCUT2D eigenvalue weighted by Crippen LogP contribution is -2.74. The number of ether oxygens (including phenoxy) is 2. The molecule has 3 aliphatic heterocycles. The minimum absolute atomic E-state index is 0.238. The predicted octanol–water partition coefficient (Wildman–Crippen LogP) is 4.75. The molecule has 0 spiro atoms. The van der Waals surface area contributed by atoms with Crippen LogP contribution in [0.1, 0.15) is 50.0 Å². The molecule has 2 saturated heterocycles. The Balaban J connectivity index is 1.42. The summed E-state index contributed by atoms with van der Waals surface area (Å²) in [6, 6.07) is 20.2. The average Bonchev–Trinajstić information content (AvgIpc) is 3.47. The van der Waals surface area contributed by atoms with Crippen LogP contribution in [-0.2, 0) is 23.9 Å². The summed E-state index contributed by atoms with van der Waals surface area (Å²) in [5, 5.41) is 6.74. The molecule has 0 saturated carbocycles. The number of β-lactam (4-membered cyclic amide) rings is 1. The van der Waals surface area contributed by atoms with Crippen LogP contribution in [0.25, 0.3) is 5.57 Å². The van der Waals surface area contributed by atoms with Gasteiger partial charge in [-0.1, -0.05) is 60.7 Å². The third-order valence-electron chi connectivity index (χ3n) is 7.82. The molecule has 10 nitrogen and oxygen atoms in total. The molecule has 6 rings (SSSR count). The lowest BCUT2D eigenvalue weighted by atomic mass is 9.86. The van der Waals surface area contributed by atoms with E-state index in [0.29, 0.717) is 35.2 Å². The topological polar surface area (TPSA) is 127 Å². The Morgan fingerprint density at radius 2 is 1.61 bits per heavy atom. The highest BCUT2D eigenvalue weighted by Crippen LogP contribution is 2.46. The molecule has 46 heavy (non-hydrogen) atoms. The minimum atomic E-state index is -1.20. The number of pyridine rings is 1. The summed E-state index contributed by atoms with van der Waals surface area (Å²) >= 11 is 1.29. The first-order valence-electron chi connectivity index (χ1n) is 15.0. The molecular formula is C35H34N4O6S. The molecule has 4 heterocycles. The van der Waals surface area contributed by atoms with Crippen molar-refractivity contribution in [1.82, 2.24) is 20.5 Å². The van der Waals surface area contributed by atoms with Crippen LogP contribution >= 0.6 is 11.8 Å². The Morgan fingerprint density at radius 3 is 2.17 bits per heavy atom. The summed E-state index contributed by atoms with van der Waals surface area (Å²) in [6.07, 6.45) is 2.19. The Morgan fingerprint density at radius 1 is 0.978 bits per heavy atom. The number of rotatable bonds is 7.